The molecule has 0 aromatic heterocycles. The number of nitrogens with zero attached hydrogens (tertiary/aromatic N) is 2. The van der Waals surface area contributed by atoms with Gasteiger partial charge in [-0.15, -0.1) is 0 Å². The molecule has 33 nitrogen and oxygen atoms in total. The average molecular weight is 1460 g/mol. The maximum atomic E-state index is 13.2. The summed E-state index contributed by atoms with van der Waals surface area (Å²) in [5.41, 5.74) is 24.0. The summed E-state index contributed by atoms with van der Waals surface area (Å²) in [6, 6.07) is 30.0. The van der Waals surface area contributed by atoms with Crippen molar-refractivity contribution in [3.63, 3.8) is 0 Å². The summed E-state index contributed by atoms with van der Waals surface area (Å²) in [7, 11) is -3.93. The van der Waals surface area contributed by atoms with Crippen LogP contribution < -0.4 is 63.1 Å². The maximum Gasteiger partial charge on any atom is 0.329 e. The summed E-state index contributed by atoms with van der Waals surface area (Å²) in [5, 5.41) is 67.2. The molecule has 0 aliphatic carbocycles. The van der Waals surface area contributed by atoms with Crippen LogP contribution in [0.25, 0.3) is 0 Å². The molecule has 4 saturated heterocycles. The van der Waals surface area contributed by atoms with Gasteiger partial charge in [0.05, 0.1) is 30.1 Å². The fraction of sp³-hybridized carbons (Fsp3) is 0.343. The average Bonchev–Trinajstić information content (AvgIpc) is 1.57. The number of carbonyl (C=O) groups excluding carboxylic acids is 5. The van der Waals surface area contributed by atoms with Gasteiger partial charge >= 0.3 is 29.8 Å². The lowest BCUT2D eigenvalue weighted by molar-refractivity contribution is -0.151. The number of nitrogens with one attached hydrogen (secondary N) is 8. The van der Waals surface area contributed by atoms with Gasteiger partial charge in [-0.1, -0.05) is 92.0 Å². The molecule has 4 fully saturated rings. The zero-order chi connectivity index (χ0) is 76.4. The van der Waals surface area contributed by atoms with Crippen molar-refractivity contribution in [2.45, 2.75) is 118 Å². The smallest absolute Gasteiger partial charge is 0.329 e. The SMILES string of the molecule is C=CCOC(=O)[C@@H]1C[C@@H](Oc2cccc(C(=N)N)c2)CN1C(C)=O.C=CCOC(=O)[C@@H]1C[C@@H](Oc2cccc(C(=N)N)c2)CN1S(=O)(=O)c1ccccc1.C[C@H](NC(=O)[C@@H]1C[C@@H](Oc2cccc(C(=N)N)c2)CN1)C(=O)O.N=C(N)c1cccc(O[C@H]2CN[C@H](C(=O)N[C@@H](CCC(=O)O)C(=O)O)C2)c1. The van der Waals surface area contributed by atoms with Crippen LogP contribution in [0.1, 0.15) is 74.6 Å². The van der Waals surface area contributed by atoms with Crippen molar-refractivity contribution in [3.05, 3.63) is 175 Å². The number of benzene rings is 5. The highest BCUT2D eigenvalue weighted by molar-refractivity contribution is 7.89. The maximum absolute atomic E-state index is 13.2. The van der Waals surface area contributed by atoms with Crippen molar-refractivity contribution in [1.82, 2.24) is 30.5 Å². The third-order valence-electron chi connectivity index (χ3n) is 16.1. The lowest BCUT2D eigenvalue weighted by Gasteiger charge is -2.22. The number of sulfonamides is 1. The van der Waals surface area contributed by atoms with Crippen molar-refractivity contribution in [3.8, 4) is 23.0 Å². The molecule has 0 spiro atoms. The molecular formula is C70H86N14O19S. The minimum atomic E-state index is -3.93. The van der Waals surface area contributed by atoms with Crippen LogP contribution in [0.4, 0.5) is 0 Å². The van der Waals surface area contributed by atoms with E-state index in [1.807, 2.05) is 0 Å². The van der Waals surface area contributed by atoms with Crippen LogP contribution in [0.5, 0.6) is 23.0 Å². The van der Waals surface area contributed by atoms with E-state index in [4.69, 9.17) is 88.3 Å². The standard InChI is InChI=1S/C21H23N3O5S.C17H22N4O6.C17H21N3O4.C15H20N4O4/c1-2-11-28-21(25)19-13-17(29-16-8-6-7-15(12-16)20(22)23)14-24(19)30(26,27)18-9-4-3-5-10-18;18-15(19)9-2-1-3-10(6-9)27-11-7-13(20-8-11)16(24)21-12(17(25)26)4-5-14(22)23;1-3-7-23-17(22)15-9-14(10-20(15)11(2)21)24-13-6-4-5-12(8-13)16(18)19;1-8(15(21)22)19-14(20)12-6-11(7-18-12)23-10-4-2-3-9(5-10)13(16)17/h2-10,12,17,19H,1,11,13-14H2,(H3,22,23);1-3,6,11-13,20H,4-5,7-8H2,(H3,18,19)(H,21,24)(H,22,23)(H,25,26);3-6,8,14-15H,1,7,9-10H2,2H3,(H3,18,19);2-5,8,11-12,18H,6-7H2,1H3,(H3,16,17)(H,19,20)(H,21,22)/t17-,19+;11-,12+,13+;14-,15+;8-,11+,12-/m1110/s1. The number of rotatable bonds is 29. The second kappa shape index (κ2) is 38.9. The van der Waals surface area contributed by atoms with E-state index in [2.05, 4.69) is 34.4 Å². The molecule has 4 aliphatic rings. The number of carbonyl (C=O) groups is 8. The molecule has 0 radical (unpaired) electrons. The Bertz CT molecular complexity index is 4070. The van der Waals surface area contributed by atoms with Gasteiger partial charge in [-0.25, -0.2) is 18.0 Å². The Balaban J connectivity index is 0.000000219. The van der Waals surface area contributed by atoms with E-state index in [9.17, 15) is 46.8 Å². The molecule has 0 bridgehead atoms. The number of hydrogen-bond acceptors (Lipinski definition) is 22. The first-order valence-electron chi connectivity index (χ1n) is 32.5. The molecular weight excluding hydrogens is 1370 g/mol. The highest BCUT2D eigenvalue weighted by atomic mass is 32.2. The largest absolute Gasteiger partial charge is 0.489 e. The summed E-state index contributed by atoms with van der Waals surface area (Å²) in [6.07, 6.45) is 2.14. The Labute approximate surface area is 599 Å². The monoisotopic (exact) mass is 1460 g/mol. The molecule has 5 aromatic rings. The van der Waals surface area contributed by atoms with Gasteiger partial charge in [-0.2, -0.15) is 4.31 Å². The van der Waals surface area contributed by atoms with Crippen LogP contribution in [-0.4, -0.2) is 204 Å². The number of ether oxygens (including phenoxy) is 6. The number of nitrogen functional groups attached to an aromatic ring is 4. The van der Waals surface area contributed by atoms with Crippen molar-refractivity contribution in [2.24, 2.45) is 22.9 Å². The first-order valence-corrected chi connectivity index (χ1v) is 33.9. The van der Waals surface area contributed by atoms with E-state index in [-0.39, 0.29) is 97.4 Å². The molecule has 0 saturated carbocycles. The third kappa shape index (κ3) is 24.5. The summed E-state index contributed by atoms with van der Waals surface area (Å²) in [6.45, 7) is 11.1. The van der Waals surface area contributed by atoms with Crippen LogP contribution in [0.15, 0.2) is 158 Å². The van der Waals surface area contributed by atoms with E-state index < -0.39 is 88.1 Å². The van der Waals surface area contributed by atoms with Gasteiger partial charge in [0.2, 0.25) is 27.7 Å². The van der Waals surface area contributed by atoms with E-state index in [0.29, 0.717) is 84.1 Å². The zero-order valence-corrected chi connectivity index (χ0v) is 57.8. The molecule has 10 atom stereocenters. The van der Waals surface area contributed by atoms with Crippen molar-refractivity contribution in [2.75, 3.05) is 39.4 Å². The topological polar surface area (TPSA) is 541 Å². The minimum absolute atomic E-state index is 0.0132. The number of nitrogens with two attached hydrogens (primary N) is 4. The summed E-state index contributed by atoms with van der Waals surface area (Å²) < 4.78 is 61.0. The number of esters is 2. The summed E-state index contributed by atoms with van der Waals surface area (Å²) >= 11 is 0. The predicted octanol–water partition coefficient (Wildman–Crippen LogP) is 2.16. The van der Waals surface area contributed by atoms with Crippen LogP contribution >= 0.6 is 0 Å². The second-order valence-corrected chi connectivity index (χ2v) is 25.8. The third-order valence-corrected chi connectivity index (χ3v) is 18.0. The van der Waals surface area contributed by atoms with E-state index >= 15 is 0 Å². The second-order valence-electron chi connectivity index (χ2n) is 23.9. The normalized spacial score (nSPS) is 20.0. The number of carboxylic acid groups (broad SMARTS) is 3. The Morgan fingerprint density at radius 1 is 0.558 bits per heavy atom. The quantitative estimate of drug-likeness (QED) is 0.0141. The number of likely N-dealkylation sites (tertiary alicyclic amines) is 1. The van der Waals surface area contributed by atoms with Gasteiger partial charge < -0.3 is 92.8 Å². The number of aliphatic carboxylic acids is 3. The van der Waals surface area contributed by atoms with Crippen molar-refractivity contribution >= 4 is 80.9 Å². The molecule has 4 aliphatic heterocycles. The molecule has 5 aromatic carbocycles. The molecule has 9 rings (SSSR count). The molecule has 3 amide bonds. The number of amidine groups is 4. The predicted molar refractivity (Wildman–Crippen MR) is 379 cm³/mol. The first kappa shape index (κ1) is 81.2. The highest BCUT2D eigenvalue weighted by Gasteiger charge is 2.46. The Morgan fingerprint density at radius 3 is 1.34 bits per heavy atom. The molecule has 104 heavy (non-hydrogen) atoms. The highest BCUT2D eigenvalue weighted by Crippen LogP contribution is 2.31. The van der Waals surface area contributed by atoms with Crippen LogP contribution in [-0.2, 0) is 57.9 Å². The number of carboxylic acids is 3. The first-order chi connectivity index (χ1) is 49.4. The lowest BCUT2D eigenvalue weighted by atomic mass is 10.1. The van der Waals surface area contributed by atoms with Gasteiger partial charge in [0.1, 0.15) is 108 Å². The fourth-order valence-corrected chi connectivity index (χ4v) is 12.5. The van der Waals surface area contributed by atoms with Crippen LogP contribution in [0.2, 0.25) is 0 Å². The van der Waals surface area contributed by atoms with E-state index in [1.165, 1.54) is 43.0 Å². The molecule has 0 unspecified atom stereocenters. The number of hydrogen-bond donors (Lipinski definition) is 15. The molecule has 34 heteroatoms. The Kier molecular flexibility index (Phi) is 30.4. The van der Waals surface area contributed by atoms with Gasteiger partial charge in [0, 0.05) is 74.4 Å². The minimum Gasteiger partial charge on any atom is -0.489 e. The molecule has 556 valence electrons. The zero-order valence-electron chi connectivity index (χ0n) is 56.9. The van der Waals surface area contributed by atoms with E-state index in [1.54, 1.807) is 115 Å². The van der Waals surface area contributed by atoms with Crippen LogP contribution in [0.3, 0.4) is 0 Å². The Hall–Kier alpha value is -11.8. The lowest BCUT2D eigenvalue weighted by Crippen LogP contribution is -2.48. The van der Waals surface area contributed by atoms with Crippen molar-refractivity contribution < 1.29 is 90.5 Å². The van der Waals surface area contributed by atoms with Gasteiger partial charge in [-0.05, 0) is 74.0 Å². The van der Waals surface area contributed by atoms with Crippen LogP contribution in [0, 0.1) is 21.6 Å². The van der Waals surface area contributed by atoms with Gasteiger partial charge in [-0.3, -0.25) is 50.4 Å². The summed E-state index contributed by atoms with van der Waals surface area (Å²) in [5.74, 6) is -3.91. The van der Waals surface area contributed by atoms with E-state index in [0.717, 1.165) is 4.31 Å². The fourth-order valence-electron chi connectivity index (χ4n) is 10.9. The van der Waals surface area contributed by atoms with Gasteiger partial charge in [0.15, 0.2) is 0 Å². The summed E-state index contributed by atoms with van der Waals surface area (Å²) in [4.78, 5) is 94.7. The molecule has 4 heterocycles. The van der Waals surface area contributed by atoms with Gasteiger partial charge in [0.25, 0.3) is 0 Å². The van der Waals surface area contributed by atoms with Crippen molar-refractivity contribution in [1.29, 1.82) is 21.6 Å². The molecule has 19 N–H and O–H groups in total. The Morgan fingerprint density at radius 2 is 0.952 bits per heavy atom. The number of amides is 3.